The van der Waals surface area contributed by atoms with E-state index in [1.807, 2.05) is 53.6 Å². The first-order valence-corrected chi connectivity index (χ1v) is 11.3. The maximum atomic E-state index is 13.6. The van der Waals surface area contributed by atoms with E-state index in [1.165, 1.54) is 11.0 Å². The standard InChI is InChI=1S/C26H24F3N3O2/c27-26(28,29)21-9-4-6-18(14-21)16-31-17-20(15-23(31)33)25(34)32-13-12-30-11-5-10-22(30)24(32)19-7-2-1-3-8-19/h1-11,14,20,24H,12-13,15-17H2. The second-order valence-corrected chi connectivity index (χ2v) is 8.84. The van der Waals surface area contributed by atoms with E-state index >= 15 is 0 Å². The minimum Gasteiger partial charge on any atom is -0.348 e. The number of fused-ring (bicyclic) bond motifs is 1. The summed E-state index contributed by atoms with van der Waals surface area (Å²) < 4.78 is 41.3. The van der Waals surface area contributed by atoms with Gasteiger partial charge in [0.2, 0.25) is 11.8 Å². The molecule has 0 aliphatic carbocycles. The lowest BCUT2D eigenvalue weighted by atomic mass is 9.97. The highest BCUT2D eigenvalue weighted by atomic mass is 19.4. The van der Waals surface area contributed by atoms with E-state index in [1.54, 1.807) is 6.07 Å². The molecule has 0 spiro atoms. The Hall–Kier alpha value is -3.55. The van der Waals surface area contributed by atoms with Crippen molar-refractivity contribution in [1.29, 1.82) is 0 Å². The smallest absolute Gasteiger partial charge is 0.348 e. The molecule has 0 bridgehead atoms. The Morgan fingerprint density at radius 1 is 0.971 bits per heavy atom. The van der Waals surface area contributed by atoms with Crippen LogP contribution in [-0.2, 0) is 28.9 Å². The lowest BCUT2D eigenvalue weighted by Crippen LogP contribution is -2.45. The van der Waals surface area contributed by atoms with E-state index in [2.05, 4.69) is 4.57 Å². The van der Waals surface area contributed by atoms with Crippen LogP contribution in [0.15, 0.2) is 72.9 Å². The topological polar surface area (TPSA) is 45.6 Å². The third-order valence-electron chi connectivity index (χ3n) is 6.63. The number of hydrogen-bond donors (Lipinski definition) is 0. The molecular weight excluding hydrogens is 443 g/mol. The monoisotopic (exact) mass is 467 g/mol. The number of rotatable bonds is 4. The molecule has 2 aliphatic heterocycles. The number of hydrogen-bond acceptors (Lipinski definition) is 2. The van der Waals surface area contributed by atoms with Gasteiger partial charge >= 0.3 is 6.18 Å². The van der Waals surface area contributed by atoms with Crippen molar-refractivity contribution in [3.8, 4) is 0 Å². The van der Waals surface area contributed by atoms with Crippen LogP contribution >= 0.6 is 0 Å². The van der Waals surface area contributed by atoms with Crippen molar-refractivity contribution in [2.45, 2.75) is 31.7 Å². The fraction of sp³-hybridized carbons (Fsp3) is 0.308. The van der Waals surface area contributed by atoms with Crippen molar-refractivity contribution in [1.82, 2.24) is 14.4 Å². The van der Waals surface area contributed by atoms with Crippen molar-refractivity contribution in [3.05, 3.63) is 95.3 Å². The van der Waals surface area contributed by atoms with Gasteiger partial charge in [-0.1, -0.05) is 42.5 Å². The molecule has 2 aliphatic rings. The molecule has 0 saturated carbocycles. The molecule has 3 heterocycles. The van der Waals surface area contributed by atoms with Crippen molar-refractivity contribution in [2.24, 2.45) is 5.92 Å². The molecule has 5 nitrogen and oxygen atoms in total. The Balaban J connectivity index is 1.35. The van der Waals surface area contributed by atoms with Gasteiger partial charge in [0.25, 0.3) is 0 Å². The third-order valence-corrected chi connectivity index (χ3v) is 6.63. The number of alkyl halides is 3. The molecule has 8 heteroatoms. The van der Waals surface area contributed by atoms with Crippen LogP contribution in [0.2, 0.25) is 0 Å². The number of halogens is 3. The van der Waals surface area contributed by atoms with Crippen LogP contribution < -0.4 is 0 Å². The third kappa shape index (κ3) is 4.20. The zero-order valence-corrected chi connectivity index (χ0v) is 18.4. The van der Waals surface area contributed by atoms with Gasteiger partial charge in [-0.3, -0.25) is 9.59 Å². The number of carbonyl (C=O) groups is 2. The highest BCUT2D eigenvalue weighted by Crippen LogP contribution is 2.35. The van der Waals surface area contributed by atoms with Crippen LogP contribution in [0, 0.1) is 5.92 Å². The lowest BCUT2D eigenvalue weighted by molar-refractivity contribution is -0.138. The van der Waals surface area contributed by atoms with Gasteiger partial charge in [0.05, 0.1) is 17.5 Å². The fourth-order valence-corrected chi connectivity index (χ4v) is 5.00. The molecule has 2 unspecified atom stereocenters. The van der Waals surface area contributed by atoms with Crippen molar-refractivity contribution in [2.75, 3.05) is 13.1 Å². The predicted molar refractivity (Wildman–Crippen MR) is 119 cm³/mol. The maximum Gasteiger partial charge on any atom is 0.416 e. The van der Waals surface area contributed by atoms with Crippen molar-refractivity contribution >= 4 is 11.8 Å². The fourth-order valence-electron chi connectivity index (χ4n) is 5.00. The highest BCUT2D eigenvalue weighted by molar-refractivity contribution is 5.89. The molecular formula is C26H24F3N3O2. The lowest BCUT2D eigenvalue weighted by Gasteiger charge is -2.38. The number of aromatic nitrogens is 1. The maximum absolute atomic E-state index is 13.6. The molecule has 1 fully saturated rings. The van der Waals surface area contributed by atoms with Crippen LogP contribution in [0.4, 0.5) is 13.2 Å². The van der Waals surface area contributed by atoms with E-state index in [0.29, 0.717) is 18.7 Å². The number of nitrogens with zero attached hydrogens (tertiary/aromatic N) is 3. The Morgan fingerprint density at radius 2 is 1.76 bits per heavy atom. The normalized spacial score (nSPS) is 20.5. The van der Waals surface area contributed by atoms with Gasteiger partial charge in [0.1, 0.15) is 0 Å². The average molecular weight is 467 g/mol. The van der Waals surface area contributed by atoms with Gasteiger partial charge in [-0.25, -0.2) is 0 Å². The number of benzene rings is 2. The minimum atomic E-state index is -4.44. The Labute approximate surface area is 195 Å². The minimum absolute atomic E-state index is 0.0531. The molecule has 2 amide bonds. The van der Waals surface area contributed by atoms with Crippen LogP contribution in [0.5, 0.6) is 0 Å². The molecule has 0 radical (unpaired) electrons. The van der Waals surface area contributed by atoms with Crippen LogP contribution in [0.25, 0.3) is 0 Å². The predicted octanol–water partition coefficient (Wildman–Crippen LogP) is 4.49. The largest absolute Gasteiger partial charge is 0.416 e. The first-order chi connectivity index (χ1) is 16.3. The van der Waals surface area contributed by atoms with Crippen LogP contribution in [0.1, 0.15) is 34.8 Å². The second kappa shape index (κ2) is 8.66. The van der Waals surface area contributed by atoms with Crippen LogP contribution in [-0.4, -0.2) is 39.3 Å². The number of amides is 2. The van der Waals surface area contributed by atoms with Gasteiger partial charge in [-0.15, -0.1) is 0 Å². The molecule has 0 N–H and O–H groups in total. The van der Waals surface area contributed by atoms with Crippen molar-refractivity contribution < 1.29 is 22.8 Å². The Bertz CT molecular complexity index is 1210. The van der Waals surface area contributed by atoms with E-state index in [9.17, 15) is 22.8 Å². The molecule has 34 heavy (non-hydrogen) atoms. The van der Waals surface area contributed by atoms with Gasteiger partial charge in [0, 0.05) is 44.5 Å². The summed E-state index contributed by atoms with van der Waals surface area (Å²) in [5.74, 6) is -0.834. The SMILES string of the molecule is O=C1CC(C(=O)N2CCn3cccc3C2c2ccccc2)CN1Cc1cccc(C(F)(F)F)c1. The average Bonchev–Trinajstić information content (AvgIpc) is 3.45. The van der Waals surface area contributed by atoms with Gasteiger partial charge in [-0.05, 0) is 35.4 Å². The zero-order chi connectivity index (χ0) is 23.9. The quantitative estimate of drug-likeness (QED) is 0.568. The molecule has 176 valence electrons. The summed E-state index contributed by atoms with van der Waals surface area (Å²) >= 11 is 0. The number of carbonyl (C=O) groups excluding carboxylic acids is 2. The van der Waals surface area contributed by atoms with E-state index in [4.69, 9.17) is 0 Å². The van der Waals surface area contributed by atoms with Gasteiger partial charge in [0.15, 0.2) is 0 Å². The summed E-state index contributed by atoms with van der Waals surface area (Å²) in [6, 6.07) is 18.5. The summed E-state index contributed by atoms with van der Waals surface area (Å²) in [5, 5.41) is 0. The summed E-state index contributed by atoms with van der Waals surface area (Å²) in [5.41, 5.74) is 1.68. The van der Waals surface area contributed by atoms with E-state index in [0.717, 1.165) is 23.4 Å². The molecule has 2 atom stereocenters. The summed E-state index contributed by atoms with van der Waals surface area (Å²) in [6.07, 6.45) is -2.37. The molecule has 2 aromatic carbocycles. The Kier molecular flexibility index (Phi) is 5.67. The van der Waals surface area contributed by atoms with Crippen molar-refractivity contribution in [3.63, 3.8) is 0 Å². The molecule has 5 rings (SSSR count). The molecule has 3 aromatic rings. The summed E-state index contributed by atoms with van der Waals surface area (Å²) in [6.45, 7) is 1.45. The summed E-state index contributed by atoms with van der Waals surface area (Å²) in [4.78, 5) is 29.7. The second-order valence-electron chi connectivity index (χ2n) is 8.84. The zero-order valence-electron chi connectivity index (χ0n) is 18.4. The van der Waals surface area contributed by atoms with E-state index in [-0.39, 0.29) is 37.4 Å². The van der Waals surface area contributed by atoms with Crippen LogP contribution in [0.3, 0.4) is 0 Å². The summed E-state index contributed by atoms with van der Waals surface area (Å²) in [7, 11) is 0. The Morgan fingerprint density at radius 3 is 2.53 bits per heavy atom. The first-order valence-electron chi connectivity index (χ1n) is 11.3. The number of likely N-dealkylation sites (tertiary alicyclic amines) is 1. The van der Waals surface area contributed by atoms with Gasteiger partial charge < -0.3 is 14.4 Å². The highest BCUT2D eigenvalue weighted by Gasteiger charge is 2.41. The molecule has 1 aromatic heterocycles. The first kappa shape index (κ1) is 22.3. The van der Waals surface area contributed by atoms with E-state index < -0.39 is 17.7 Å². The van der Waals surface area contributed by atoms with Gasteiger partial charge in [-0.2, -0.15) is 13.2 Å². The molecule has 1 saturated heterocycles.